The van der Waals surface area contributed by atoms with Crippen LogP contribution in [0.2, 0.25) is 0 Å². The highest BCUT2D eigenvalue weighted by atomic mass is 19.1. The molecule has 1 aliphatic rings. The van der Waals surface area contributed by atoms with Crippen molar-refractivity contribution in [2.45, 2.75) is 31.8 Å². The molecule has 16 heavy (non-hydrogen) atoms. The van der Waals surface area contributed by atoms with E-state index in [2.05, 4.69) is 0 Å². The van der Waals surface area contributed by atoms with Crippen LogP contribution >= 0.6 is 0 Å². The van der Waals surface area contributed by atoms with E-state index in [4.69, 9.17) is 4.74 Å². The van der Waals surface area contributed by atoms with Gasteiger partial charge in [0.2, 0.25) is 0 Å². The lowest BCUT2D eigenvalue weighted by atomic mass is 10.2. The van der Waals surface area contributed by atoms with E-state index in [1.165, 1.54) is 0 Å². The second-order valence-corrected chi connectivity index (χ2v) is 3.96. The third kappa shape index (κ3) is 2.21. The number of rotatable bonds is 3. The second-order valence-electron chi connectivity index (χ2n) is 3.96. The lowest BCUT2D eigenvalue weighted by molar-refractivity contribution is 0.112. The zero-order valence-electron chi connectivity index (χ0n) is 8.71. The molecule has 1 saturated carbocycles. The maximum absolute atomic E-state index is 13.4. The molecule has 0 heterocycles. The molecule has 0 bridgehead atoms. The predicted octanol–water partition coefficient (Wildman–Crippen LogP) is 3.10. The maximum atomic E-state index is 13.4. The van der Waals surface area contributed by atoms with Gasteiger partial charge >= 0.3 is 0 Å². The summed E-state index contributed by atoms with van der Waals surface area (Å²) in [7, 11) is 0. The van der Waals surface area contributed by atoms with Gasteiger partial charge in [-0.05, 0) is 37.8 Å². The molecular weight excluding hydrogens is 214 g/mol. The van der Waals surface area contributed by atoms with Gasteiger partial charge in [-0.1, -0.05) is 0 Å². The highest BCUT2D eigenvalue weighted by Crippen LogP contribution is 2.28. The summed E-state index contributed by atoms with van der Waals surface area (Å²) in [6.45, 7) is 0. The quantitative estimate of drug-likeness (QED) is 0.740. The summed E-state index contributed by atoms with van der Waals surface area (Å²) in [6, 6.07) is 1.97. The largest absolute Gasteiger partial charge is 0.484 e. The van der Waals surface area contributed by atoms with E-state index in [1.54, 1.807) is 0 Å². The second kappa shape index (κ2) is 4.60. The van der Waals surface area contributed by atoms with Crippen molar-refractivity contribution in [1.29, 1.82) is 0 Å². The summed E-state index contributed by atoms with van der Waals surface area (Å²) in [5, 5.41) is 0. The molecule has 4 heteroatoms. The molecule has 2 rings (SSSR count). The van der Waals surface area contributed by atoms with Crippen LogP contribution in [0.5, 0.6) is 5.75 Å². The van der Waals surface area contributed by atoms with Crippen LogP contribution in [0.15, 0.2) is 12.1 Å². The van der Waals surface area contributed by atoms with Gasteiger partial charge in [-0.25, -0.2) is 8.78 Å². The molecule has 2 nitrogen and oxygen atoms in total. The third-order valence-corrected chi connectivity index (χ3v) is 2.74. The molecule has 0 radical (unpaired) electrons. The molecule has 0 aromatic heterocycles. The van der Waals surface area contributed by atoms with Crippen molar-refractivity contribution in [3.8, 4) is 5.75 Å². The van der Waals surface area contributed by atoms with Gasteiger partial charge in [-0.3, -0.25) is 4.79 Å². The van der Waals surface area contributed by atoms with Crippen LogP contribution in [0.25, 0.3) is 0 Å². The van der Waals surface area contributed by atoms with Crippen molar-refractivity contribution in [2.75, 3.05) is 0 Å². The van der Waals surface area contributed by atoms with E-state index < -0.39 is 11.6 Å². The van der Waals surface area contributed by atoms with Gasteiger partial charge in [0.1, 0.15) is 6.29 Å². The fourth-order valence-electron chi connectivity index (χ4n) is 1.93. The number of ether oxygens (including phenoxy) is 1. The summed E-state index contributed by atoms with van der Waals surface area (Å²) in [5.74, 6) is -1.99. The van der Waals surface area contributed by atoms with Crippen molar-refractivity contribution >= 4 is 6.29 Å². The highest BCUT2D eigenvalue weighted by molar-refractivity contribution is 5.75. The Bertz CT molecular complexity index is 375. The lowest BCUT2D eigenvalue weighted by Crippen LogP contribution is -2.13. The Morgan fingerprint density at radius 2 is 1.75 bits per heavy atom. The van der Waals surface area contributed by atoms with E-state index in [0.717, 1.165) is 37.8 Å². The minimum Gasteiger partial charge on any atom is -0.484 e. The molecule has 0 saturated heterocycles. The van der Waals surface area contributed by atoms with Gasteiger partial charge in [0.15, 0.2) is 17.4 Å². The van der Waals surface area contributed by atoms with E-state index >= 15 is 0 Å². The van der Waals surface area contributed by atoms with Crippen LogP contribution in [-0.4, -0.2) is 12.4 Å². The van der Waals surface area contributed by atoms with Crippen molar-refractivity contribution in [2.24, 2.45) is 0 Å². The molecule has 0 spiro atoms. The van der Waals surface area contributed by atoms with Crippen LogP contribution in [0.1, 0.15) is 36.0 Å². The molecule has 0 amide bonds. The Kier molecular flexibility index (Phi) is 3.17. The Labute approximate surface area is 92.2 Å². The van der Waals surface area contributed by atoms with Crippen molar-refractivity contribution in [3.05, 3.63) is 29.3 Å². The molecule has 0 atom stereocenters. The summed E-state index contributed by atoms with van der Waals surface area (Å²) in [5.41, 5.74) is -0.0197. The summed E-state index contributed by atoms with van der Waals surface area (Å²) in [4.78, 5) is 10.4. The third-order valence-electron chi connectivity index (χ3n) is 2.74. The van der Waals surface area contributed by atoms with E-state index in [0.29, 0.717) is 6.29 Å². The number of carbonyl (C=O) groups excluding carboxylic acids is 1. The number of aldehydes is 1. The van der Waals surface area contributed by atoms with E-state index in [9.17, 15) is 13.6 Å². The monoisotopic (exact) mass is 226 g/mol. The minimum absolute atomic E-state index is 0.0197. The topological polar surface area (TPSA) is 26.3 Å². The molecule has 1 fully saturated rings. The van der Waals surface area contributed by atoms with Crippen LogP contribution < -0.4 is 4.74 Å². The van der Waals surface area contributed by atoms with Crippen molar-refractivity contribution in [3.63, 3.8) is 0 Å². The standard InChI is InChI=1S/C12H12F2O2/c13-10-5-8(7-15)6-11(14)12(10)16-9-3-1-2-4-9/h5-7,9H,1-4H2. The minimum atomic E-state index is -0.811. The average Bonchev–Trinajstić information content (AvgIpc) is 2.75. The SMILES string of the molecule is O=Cc1cc(F)c(OC2CCCC2)c(F)c1. The first-order valence-corrected chi connectivity index (χ1v) is 5.31. The first-order valence-electron chi connectivity index (χ1n) is 5.31. The molecular formula is C12H12F2O2. The Morgan fingerprint density at radius 1 is 1.19 bits per heavy atom. The van der Waals surface area contributed by atoms with Gasteiger partial charge in [-0.15, -0.1) is 0 Å². The van der Waals surface area contributed by atoms with Crippen LogP contribution in [0, 0.1) is 11.6 Å². The lowest BCUT2D eigenvalue weighted by Gasteiger charge is -2.14. The fourth-order valence-corrected chi connectivity index (χ4v) is 1.93. The molecule has 0 unspecified atom stereocenters. The predicted molar refractivity (Wildman–Crippen MR) is 54.6 cm³/mol. The first kappa shape index (κ1) is 11.0. The number of carbonyl (C=O) groups is 1. The summed E-state index contributed by atoms with van der Waals surface area (Å²) < 4.78 is 32.1. The van der Waals surface area contributed by atoms with Crippen LogP contribution in [0.4, 0.5) is 8.78 Å². The number of halogens is 2. The summed E-state index contributed by atoms with van der Waals surface area (Å²) in [6.07, 6.45) is 4.01. The first-order chi connectivity index (χ1) is 7.70. The normalized spacial score (nSPS) is 16.4. The van der Waals surface area contributed by atoms with Crippen LogP contribution in [-0.2, 0) is 0 Å². The molecule has 1 aliphatic carbocycles. The van der Waals surface area contributed by atoms with Crippen LogP contribution in [0.3, 0.4) is 0 Å². The number of hydrogen-bond acceptors (Lipinski definition) is 2. The molecule has 0 aliphatic heterocycles. The average molecular weight is 226 g/mol. The van der Waals surface area contributed by atoms with Gasteiger partial charge in [0.05, 0.1) is 6.10 Å². The molecule has 1 aromatic rings. The van der Waals surface area contributed by atoms with E-state index in [-0.39, 0.29) is 17.4 Å². The molecule has 1 aromatic carbocycles. The van der Waals surface area contributed by atoms with Crippen molar-refractivity contribution in [1.82, 2.24) is 0 Å². The molecule has 86 valence electrons. The zero-order valence-corrected chi connectivity index (χ0v) is 8.71. The van der Waals surface area contributed by atoms with Gasteiger partial charge in [-0.2, -0.15) is 0 Å². The number of hydrogen-bond donors (Lipinski definition) is 0. The van der Waals surface area contributed by atoms with Crippen molar-refractivity contribution < 1.29 is 18.3 Å². The number of benzene rings is 1. The fraction of sp³-hybridized carbons (Fsp3) is 0.417. The maximum Gasteiger partial charge on any atom is 0.191 e. The van der Waals surface area contributed by atoms with E-state index in [1.807, 2.05) is 0 Å². The Balaban J connectivity index is 2.22. The Morgan fingerprint density at radius 3 is 2.25 bits per heavy atom. The highest BCUT2D eigenvalue weighted by Gasteiger charge is 2.21. The molecule has 0 N–H and O–H groups in total. The van der Waals surface area contributed by atoms with Gasteiger partial charge in [0, 0.05) is 5.56 Å². The van der Waals surface area contributed by atoms with Gasteiger partial charge < -0.3 is 4.74 Å². The summed E-state index contributed by atoms with van der Waals surface area (Å²) >= 11 is 0. The Hall–Kier alpha value is -1.45. The smallest absolute Gasteiger partial charge is 0.191 e. The van der Waals surface area contributed by atoms with Gasteiger partial charge in [0.25, 0.3) is 0 Å². The zero-order chi connectivity index (χ0) is 11.5.